The molecule has 0 aliphatic heterocycles. The molecule has 0 aromatic rings. The summed E-state index contributed by atoms with van der Waals surface area (Å²) in [6.07, 6.45) is 0.872. The largest absolute Gasteiger partial charge is 0.560 e. The highest BCUT2D eigenvalue weighted by Crippen LogP contribution is 2.10. The second-order valence-electron chi connectivity index (χ2n) is 4.37. The zero-order valence-electron chi connectivity index (χ0n) is 12.1. The Morgan fingerprint density at radius 1 is 1.11 bits per heavy atom. The number of hydrogen-bond acceptors (Lipinski definition) is 6. The molecule has 0 fully saturated rings. The predicted molar refractivity (Wildman–Crippen MR) is 68.4 cm³/mol. The second kappa shape index (κ2) is 7.82. The molecule has 0 saturated carbocycles. The number of carbonyl (C=O) groups is 1. The molecule has 0 radical (unpaired) electrons. The molecule has 108 valence electrons. The first-order chi connectivity index (χ1) is 8.34. The summed E-state index contributed by atoms with van der Waals surface area (Å²) in [4.78, 5) is 11.0. The smallest absolute Gasteiger partial charge is 0.469 e. The van der Waals surface area contributed by atoms with Gasteiger partial charge in [0, 0.05) is 21.3 Å². The molecule has 0 aromatic carbocycles. The van der Waals surface area contributed by atoms with Gasteiger partial charge in [-0.25, -0.2) is 4.59 Å². The van der Waals surface area contributed by atoms with E-state index in [0.29, 0.717) is 23.7 Å². The fraction of sp³-hybridized carbons (Fsp3) is 0.900. The molecule has 0 aromatic heterocycles. The average molecular weight is 281 g/mol. The molecular weight excluding hydrogens is 256 g/mol. The molecule has 0 rings (SSSR count). The maximum absolute atomic E-state index is 11.0. The van der Waals surface area contributed by atoms with E-state index >= 15 is 0 Å². The van der Waals surface area contributed by atoms with Crippen LogP contribution in [0.5, 0.6) is 0 Å². The number of hydrogen-bond donors (Lipinski definition) is 1. The van der Waals surface area contributed by atoms with E-state index in [9.17, 15) is 4.79 Å². The van der Waals surface area contributed by atoms with Crippen molar-refractivity contribution in [3.8, 4) is 0 Å². The first kappa shape index (κ1) is 17.5. The monoisotopic (exact) mass is 281 g/mol. The normalized spacial score (nSPS) is 12.6. The summed E-state index contributed by atoms with van der Waals surface area (Å²) in [5, 5.41) is 0. The molecule has 0 heterocycles. The first-order valence-corrected chi connectivity index (χ1v) is 7.58. The van der Waals surface area contributed by atoms with Gasteiger partial charge >= 0.3 is 14.8 Å². The Morgan fingerprint density at radius 3 is 2.00 bits per heavy atom. The Labute approximate surface area is 110 Å². The Kier molecular flexibility index (Phi) is 7.60. The van der Waals surface area contributed by atoms with E-state index in [1.54, 1.807) is 21.3 Å². The van der Waals surface area contributed by atoms with Crippen molar-refractivity contribution in [1.29, 1.82) is 0 Å². The van der Waals surface area contributed by atoms with E-state index in [0.717, 1.165) is 0 Å². The zero-order valence-corrected chi connectivity index (χ0v) is 13.1. The summed E-state index contributed by atoms with van der Waals surface area (Å²) in [5.41, 5.74) is 3.21. The van der Waals surface area contributed by atoms with Crippen molar-refractivity contribution in [3.63, 3.8) is 0 Å². The SMILES string of the molecule is COC(=O)CCN[N+](C)(C)C[Si](OC)(OC)OC. The van der Waals surface area contributed by atoms with Gasteiger partial charge in [0.05, 0.1) is 34.2 Å². The molecule has 0 amide bonds. The molecule has 8 heteroatoms. The van der Waals surface area contributed by atoms with Gasteiger partial charge in [-0.2, -0.15) is 5.43 Å². The van der Waals surface area contributed by atoms with Crippen LogP contribution in [0, 0.1) is 0 Å². The maximum atomic E-state index is 11.0. The summed E-state index contributed by atoms with van der Waals surface area (Å²) in [7, 11) is 7.37. The van der Waals surface area contributed by atoms with E-state index in [1.165, 1.54) is 7.11 Å². The van der Waals surface area contributed by atoms with Crippen LogP contribution in [-0.4, -0.2) is 74.6 Å². The van der Waals surface area contributed by atoms with Crippen LogP contribution in [0.3, 0.4) is 0 Å². The van der Waals surface area contributed by atoms with Crippen molar-refractivity contribution in [2.75, 3.05) is 55.2 Å². The Morgan fingerprint density at radius 2 is 1.61 bits per heavy atom. The first-order valence-electron chi connectivity index (χ1n) is 5.65. The standard InChI is InChI=1S/C10H25N2O5Si/c1-12(2,11-8-7-10(13)14-3)9-18(15-4,16-5)17-6/h11H,7-9H2,1-6H3/q+1. The van der Waals surface area contributed by atoms with Gasteiger partial charge in [0.2, 0.25) is 0 Å². The summed E-state index contributed by atoms with van der Waals surface area (Å²) in [6, 6.07) is 0. The van der Waals surface area contributed by atoms with E-state index in [4.69, 9.17) is 13.3 Å². The predicted octanol–water partition coefficient (Wildman–Crippen LogP) is -0.452. The van der Waals surface area contributed by atoms with Gasteiger partial charge in [0.15, 0.2) is 6.17 Å². The van der Waals surface area contributed by atoms with Crippen LogP contribution >= 0.6 is 0 Å². The van der Waals surface area contributed by atoms with Gasteiger partial charge in [0.25, 0.3) is 0 Å². The number of quaternary nitrogens is 1. The Bertz CT molecular complexity index is 250. The number of ether oxygens (including phenoxy) is 1. The van der Waals surface area contributed by atoms with Crippen LogP contribution in [0.15, 0.2) is 0 Å². The van der Waals surface area contributed by atoms with Gasteiger partial charge in [-0.1, -0.05) is 0 Å². The number of esters is 1. The molecule has 7 nitrogen and oxygen atoms in total. The molecule has 0 aliphatic rings. The van der Waals surface area contributed by atoms with Crippen molar-refractivity contribution >= 4 is 14.8 Å². The van der Waals surface area contributed by atoms with E-state index < -0.39 is 8.80 Å². The second-order valence-corrected chi connectivity index (χ2v) is 7.28. The summed E-state index contributed by atoms with van der Waals surface area (Å²) in [5.74, 6) is -0.240. The van der Waals surface area contributed by atoms with Crippen LogP contribution < -0.4 is 5.43 Å². The molecule has 0 aliphatic carbocycles. The quantitative estimate of drug-likeness (QED) is 0.267. The highest BCUT2D eigenvalue weighted by Gasteiger charge is 2.46. The number of nitrogens with one attached hydrogen (secondary N) is 1. The van der Waals surface area contributed by atoms with Gasteiger partial charge in [0.1, 0.15) is 0 Å². The van der Waals surface area contributed by atoms with Gasteiger partial charge in [-0.15, -0.1) is 0 Å². The van der Waals surface area contributed by atoms with Gasteiger partial charge in [-0.05, 0) is 0 Å². The number of rotatable bonds is 9. The highest BCUT2D eigenvalue weighted by atomic mass is 28.4. The lowest BCUT2D eigenvalue weighted by atomic mass is 10.4. The van der Waals surface area contributed by atoms with E-state index in [-0.39, 0.29) is 5.97 Å². The molecule has 0 atom stereocenters. The number of methoxy groups -OCH3 is 1. The zero-order chi connectivity index (χ0) is 14.2. The van der Waals surface area contributed by atoms with E-state index in [2.05, 4.69) is 10.2 Å². The minimum atomic E-state index is -2.64. The third kappa shape index (κ3) is 5.89. The van der Waals surface area contributed by atoms with Crippen LogP contribution in [0.4, 0.5) is 0 Å². The third-order valence-corrected chi connectivity index (χ3v) is 5.66. The Balaban J connectivity index is 4.31. The van der Waals surface area contributed by atoms with Crippen molar-refractivity contribution in [2.45, 2.75) is 6.42 Å². The highest BCUT2D eigenvalue weighted by molar-refractivity contribution is 6.60. The molecule has 1 N–H and O–H groups in total. The van der Waals surface area contributed by atoms with Gasteiger partial charge in [-0.3, -0.25) is 4.79 Å². The van der Waals surface area contributed by atoms with Crippen LogP contribution in [0.25, 0.3) is 0 Å². The number of carbonyl (C=O) groups excluding carboxylic acids is 1. The fourth-order valence-corrected chi connectivity index (χ4v) is 3.51. The Hall–Kier alpha value is -0.513. The molecule has 0 saturated heterocycles. The van der Waals surface area contributed by atoms with Crippen LogP contribution in [-0.2, 0) is 22.8 Å². The number of nitrogens with zero attached hydrogens (tertiary/aromatic N) is 1. The van der Waals surface area contributed by atoms with Crippen molar-refractivity contribution in [3.05, 3.63) is 0 Å². The molecule has 0 spiro atoms. The summed E-state index contributed by atoms with van der Waals surface area (Å²) in [6.45, 7) is 0.515. The molecule has 0 unspecified atom stereocenters. The topological polar surface area (TPSA) is 66.0 Å². The summed E-state index contributed by atoms with van der Waals surface area (Å²) < 4.78 is 21.1. The molecule has 0 bridgehead atoms. The van der Waals surface area contributed by atoms with E-state index in [1.807, 2.05) is 14.1 Å². The summed E-state index contributed by atoms with van der Waals surface area (Å²) >= 11 is 0. The minimum Gasteiger partial charge on any atom is -0.469 e. The molecular formula is C10H25N2O5Si+. The lowest BCUT2D eigenvalue weighted by molar-refractivity contribution is -0.926. The van der Waals surface area contributed by atoms with Gasteiger partial charge < -0.3 is 18.0 Å². The average Bonchev–Trinajstić information content (AvgIpc) is 2.35. The van der Waals surface area contributed by atoms with Crippen molar-refractivity contribution in [1.82, 2.24) is 5.43 Å². The minimum absolute atomic E-state index is 0.240. The fourth-order valence-electron chi connectivity index (χ4n) is 1.55. The third-order valence-electron chi connectivity index (χ3n) is 2.62. The molecule has 18 heavy (non-hydrogen) atoms. The van der Waals surface area contributed by atoms with Crippen molar-refractivity contribution in [2.24, 2.45) is 0 Å². The van der Waals surface area contributed by atoms with Crippen LogP contribution in [0.2, 0.25) is 0 Å². The van der Waals surface area contributed by atoms with Crippen LogP contribution in [0.1, 0.15) is 6.42 Å². The lowest BCUT2D eigenvalue weighted by Gasteiger charge is -2.35. The lowest BCUT2D eigenvalue weighted by Crippen LogP contribution is -2.64. The van der Waals surface area contributed by atoms with Crippen molar-refractivity contribution < 1.29 is 27.4 Å². The maximum Gasteiger partial charge on any atom is 0.560 e.